The minimum absolute atomic E-state index is 0.0170. The lowest BCUT2D eigenvalue weighted by Gasteiger charge is -2.22. The number of carbonyl (C=O) groups excluding carboxylic acids is 2. The molecule has 1 saturated carbocycles. The molecular weight excluding hydrogens is 446 g/mol. The van der Waals surface area contributed by atoms with Crippen LogP contribution in [0.2, 0.25) is 0 Å². The number of nitrogens with one attached hydrogen (secondary N) is 1. The Bertz CT molecular complexity index is 1270. The van der Waals surface area contributed by atoms with E-state index >= 15 is 0 Å². The Morgan fingerprint density at radius 3 is 2.60 bits per heavy atom. The summed E-state index contributed by atoms with van der Waals surface area (Å²) in [6.07, 6.45) is 5.89. The van der Waals surface area contributed by atoms with Crippen molar-refractivity contribution in [2.45, 2.75) is 64.8 Å². The van der Waals surface area contributed by atoms with E-state index in [9.17, 15) is 14.4 Å². The van der Waals surface area contributed by atoms with Gasteiger partial charge < -0.3 is 19.2 Å². The molecule has 184 valence electrons. The molecule has 0 aliphatic heterocycles. The first-order chi connectivity index (χ1) is 16.9. The van der Waals surface area contributed by atoms with E-state index in [1.165, 1.54) is 24.1 Å². The third kappa shape index (κ3) is 6.50. The smallest absolute Gasteiger partial charge is 0.349 e. The standard InChI is InChI=1S/C28H31NO6/c1-18-10-13-24(19(2)15-18)33-14-6-9-26(30)34-22-12-11-20-16-23(28(32)35-25(20)17-22)27(31)29-21-7-4-3-5-8-21/h10-13,15-17,21H,3-9,14H2,1-2H3,(H,29,31). The van der Waals surface area contributed by atoms with Crippen molar-refractivity contribution in [3.63, 3.8) is 0 Å². The Hall–Kier alpha value is -3.61. The highest BCUT2D eigenvalue weighted by atomic mass is 16.5. The zero-order chi connectivity index (χ0) is 24.8. The van der Waals surface area contributed by atoms with Gasteiger partial charge in [-0.05, 0) is 62.9 Å². The zero-order valence-corrected chi connectivity index (χ0v) is 20.2. The zero-order valence-electron chi connectivity index (χ0n) is 20.2. The van der Waals surface area contributed by atoms with Gasteiger partial charge in [-0.3, -0.25) is 9.59 Å². The van der Waals surface area contributed by atoms with Crippen LogP contribution in [0.15, 0.2) is 51.7 Å². The molecule has 1 N–H and O–H groups in total. The van der Waals surface area contributed by atoms with Crippen LogP contribution < -0.4 is 20.4 Å². The summed E-state index contributed by atoms with van der Waals surface area (Å²) in [5.74, 6) is 0.270. The maximum absolute atomic E-state index is 12.6. The molecule has 7 nitrogen and oxygen atoms in total. The van der Waals surface area contributed by atoms with E-state index in [1.54, 1.807) is 12.1 Å². The van der Waals surface area contributed by atoms with Crippen molar-refractivity contribution in [3.05, 3.63) is 69.6 Å². The molecule has 3 aromatic rings. The molecule has 1 aromatic heterocycles. The number of rotatable bonds is 8. The number of benzene rings is 2. The van der Waals surface area contributed by atoms with Gasteiger partial charge in [0.15, 0.2) is 0 Å². The third-order valence-corrected chi connectivity index (χ3v) is 6.24. The van der Waals surface area contributed by atoms with Crippen LogP contribution in [-0.2, 0) is 4.79 Å². The van der Waals surface area contributed by atoms with Crippen molar-refractivity contribution in [2.75, 3.05) is 6.61 Å². The molecule has 0 saturated heterocycles. The predicted molar refractivity (Wildman–Crippen MR) is 133 cm³/mol. The van der Waals surface area contributed by atoms with Crippen LogP contribution in [0.4, 0.5) is 0 Å². The molecule has 1 aliphatic carbocycles. The van der Waals surface area contributed by atoms with Gasteiger partial charge in [0.05, 0.1) is 6.61 Å². The molecule has 2 aromatic carbocycles. The second kappa shape index (κ2) is 11.2. The van der Waals surface area contributed by atoms with Crippen LogP contribution in [0, 0.1) is 13.8 Å². The average molecular weight is 478 g/mol. The molecule has 35 heavy (non-hydrogen) atoms. The molecule has 0 spiro atoms. The Morgan fingerprint density at radius 1 is 1.03 bits per heavy atom. The van der Waals surface area contributed by atoms with Gasteiger partial charge in [-0.25, -0.2) is 4.79 Å². The van der Waals surface area contributed by atoms with Crippen molar-refractivity contribution >= 4 is 22.8 Å². The van der Waals surface area contributed by atoms with Crippen molar-refractivity contribution in [1.29, 1.82) is 0 Å². The fourth-order valence-electron chi connectivity index (χ4n) is 4.37. The molecule has 1 fully saturated rings. The number of ether oxygens (including phenoxy) is 2. The van der Waals surface area contributed by atoms with Crippen molar-refractivity contribution in [3.8, 4) is 11.5 Å². The Morgan fingerprint density at radius 2 is 1.83 bits per heavy atom. The molecule has 1 amide bonds. The Kier molecular flexibility index (Phi) is 7.85. The number of hydrogen-bond acceptors (Lipinski definition) is 6. The molecule has 0 radical (unpaired) electrons. The number of fused-ring (bicyclic) bond motifs is 1. The molecule has 0 atom stereocenters. The molecule has 0 unspecified atom stereocenters. The van der Waals surface area contributed by atoms with Crippen LogP contribution in [-0.4, -0.2) is 24.5 Å². The van der Waals surface area contributed by atoms with Crippen molar-refractivity contribution in [2.24, 2.45) is 0 Å². The number of esters is 1. The quantitative estimate of drug-likeness (QED) is 0.206. The van der Waals surface area contributed by atoms with Gasteiger partial charge in [-0.1, -0.05) is 37.0 Å². The lowest BCUT2D eigenvalue weighted by atomic mass is 9.95. The van der Waals surface area contributed by atoms with Crippen LogP contribution in [0.5, 0.6) is 11.5 Å². The van der Waals surface area contributed by atoms with E-state index in [4.69, 9.17) is 13.9 Å². The summed E-state index contributed by atoms with van der Waals surface area (Å²) < 4.78 is 16.5. The molecule has 1 heterocycles. The fourth-order valence-corrected chi connectivity index (χ4v) is 4.37. The predicted octanol–water partition coefficient (Wildman–Crippen LogP) is 5.24. The summed E-state index contributed by atoms with van der Waals surface area (Å²) in [7, 11) is 0. The first-order valence-electron chi connectivity index (χ1n) is 12.2. The van der Waals surface area contributed by atoms with E-state index < -0.39 is 17.5 Å². The fraction of sp³-hybridized carbons (Fsp3) is 0.393. The molecular formula is C28H31NO6. The van der Waals surface area contributed by atoms with Gasteiger partial charge in [0.1, 0.15) is 22.6 Å². The van der Waals surface area contributed by atoms with Gasteiger partial charge in [0.2, 0.25) is 0 Å². The summed E-state index contributed by atoms with van der Waals surface area (Å²) >= 11 is 0. The molecule has 1 aliphatic rings. The molecule has 0 bridgehead atoms. The van der Waals surface area contributed by atoms with Crippen LogP contribution in [0.1, 0.15) is 66.4 Å². The van der Waals surface area contributed by atoms with Gasteiger partial charge >= 0.3 is 11.6 Å². The highest BCUT2D eigenvalue weighted by molar-refractivity contribution is 5.97. The van der Waals surface area contributed by atoms with Gasteiger partial charge in [-0.15, -0.1) is 0 Å². The second-order valence-electron chi connectivity index (χ2n) is 9.15. The largest absolute Gasteiger partial charge is 0.493 e. The highest BCUT2D eigenvalue weighted by Gasteiger charge is 2.20. The highest BCUT2D eigenvalue weighted by Crippen LogP contribution is 2.23. The number of carbonyl (C=O) groups is 2. The SMILES string of the molecule is Cc1ccc(OCCCC(=O)Oc2ccc3cc(C(=O)NC4CCCCC4)c(=O)oc3c2)c(C)c1. The van der Waals surface area contributed by atoms with Crippen molar-refractivity contribution < 1.29 is 23.5 Å². The summed E-state index contributed by atoms with van der Waals surface area (Å²) in [5, 5.41) is 3.52. The Balaban J connectivity index is 1.32. The Labute approximate surface area is 204 Å². The first kappa shape index (κ1) is 24.5. The van der Waals surface area contributed by atoms with Crippen molar-refractivity contribution in [1.82, 2.24) is 5.32 Å². The van der Waals surface area contributed by atoms with E-state index in [2.05, 4.69) is 5.32 Å². The van der Waals surface area contributed by atoms with Gasteiger partial charge in [0.25, 0.3) is 5.91 Å². The number of aryl methyl sites for hydroxylation is 2. The van der Waals surface area contributed by atoms with Crippen LogP contribution in [0.3, 0.4) is 0 Å². The number of hydrogen-bond donors (Lipinski definition) is 1. The maximum Gasteiger partial charge on any atom is 0.349 e. The summed E-state index contributed by atoms with van der Waals surface area (Å²) in [4.78, 5) is 37.3. The minimum Gasteiger partial charge on any atom is -0.493 e. The molecule has 7 heteroatoms. The normalized spacial score (nSPS) is 14.0. The van der Waals surface area contributed by atoms with Crippen LogP contribution in [0.25, 0.3) is 11.0 Å². The van der Waals surface area contributed by atoms with E-state index in [0.29, 0.717) is 18.4 Å². The molecule has 4 rings (SSSR count). The first-order valence-corrected chi connectivity index (χ1v) is 12.2. The lowest BCUT2D eigenvalue weighted by Crippen LogP contribution is -2.38. The summed E-state index contributed by atoms with van der Waals surface area (Å²) in [5.41, 5.74) is 1.76. The minimum atomic E-state index is -0.710. The number of amides is 1. The lowest BCUT2D eigenvalue weighted by molar-refractivity contribution is -0.134. The average Bonchev–Trinajstić information content (AvgIpc) is 2.83. The van der Waals surface area contributed by atoms with Gasteiger partial charge in [0, 0.05) is 23.9 Å². The maximum atomic E-state index is 12.6. The summed E-state index contributed by atoms with van der Waals surface area (Å²) in [6, 6.07) is 12.4. The monoisotopic (exact) mass is 477 g/mol. The van der Waals surface area contributed by atoms with E-state index in [0.717, 1.165) is 37.0 Å². The summed E-state index contributed by atoms with van der Waals surface area (Å²) in [6.45, 7) is 4.41. The second-order valence-corrected chi connectivity index (χ2v) is 9.15. The van der Waals surface area contributed by atoms with Crippen LogP contribution >= 0.6 is 0 Å². The third-order valence-electron chi connectivity index (χ3n) is 6.24. The van der Waals surface area contributed by atoms with E-state index in [-0.39, 0.29) is 29.4 Å². The topological polar surface area (TPSA) is 94.8 Å². The van der Waals surface area contributed by atoms with Gasteiger partial charge in [-0.2, -0.15) is 0 Å². The van der Waals surface area contributed by atoms with E-state index in [1.807, 2.05) is 32.0 Å².